The Labute approximate surface area is 125 Å². The second-order valence-electron chi connectivity index (χ2n) is 5.13. The highest BCUT2D eigenvalue weighted by atomic mass is 16.5. The van der Waals surface area contributed by atoms with Crippen LogP contribution in [0.25, 0.3) is 0 Å². The summed E-state index contributed by atoms with van der Waals surface area (Å²) in [6, 6.07) is 8.89. The number of hydrogen-bond acceptors (Lipinski definition) is 4. The third kappa shape index (κ3) is 6.39. The predicted molar refractivity (Wildman–Crippen MR) is 80.9 cm³/mol. The molecule has 0 heterocycles. The Kier molecular flexibility index (Phi) is 7.44. The van der Waals surface area contributed by atoms with E-state index in [1.54, 1.807) is 31.2 Å². The highest BCUT2D eigenvalue weighted by molar-refractivity contribution is 5.95. The summed E-state index contributed by atoms with van der Waals surface area (Å²) in [5.74, 6) is 0.203. The summed E-state index contributed by atoms with van der Waals surface area (Å²) in [5.41, 5.74) is 0.926. The van der Waals surface area contributed by atoms with Crippen molar-refractivity contribution in [1.29, 1.82) is 5.26 Å². The molecule has 1 unspecified atom stereocenters. The number of rotatable bonds is 8. The molecule has 0 bridgehead atoms. The molecule has 0 radical (unpaired) electrons. The fraction of sp³-hybridized carbons (Fsp3) is 0.500. The van der Waals surface area contributed by atoms with Crippen LogP contribution >= 0.6 is 0 Å². The molecule has 0 aliphatic carbocycles. The SMILES string of the molecule is CC(C)COCCOC(C)C(=O)Nc1ccccc1C#N. The van der Waals surface area contributed by atoms with Gasteiger partial charge in [0.15, 0.2) is 0 Å². The number of anilines is 1. The summed E-state index contributed by atoms with van der Waals surface area (Å²) in [4.78, 5) is 12.0. The van der Waals surface area contributed by atoms with E-state index in [9.17, 15) is 4.79 Å². The molecule has 1 rings (SSSR count). The van der Waals surface area contributed by atoms with Gasteiger partial charge in [-0.05, 0) is 25.0 Å². The number of carbonyl (C=O) groups is 1. The first-order valence-electron chi connectivity index (χ1n) is 7.04. The maximum atomic E-state index is 12.0. The third-order valence-corrected chi connectivity index (χ3v) is 2.72. The Balaban J connectivity index is 2.36. The van der Waals surface area contributed by atoms with Gasteiger partial charge in [-0.25, -0.2) is 0 Å². The Morgan fingerprint density at radius 2 is 2.00 bits per heavy atom. The van der Waals surface area contributed by atoms with Crippen molar-refractivity contribution in [2.24, 2.45) is 5.92 Å². The van der Waals surface area contributed by atoms with Gasteiger partial charge in [0.2, 0.25) is 0 Å². The van der Waals surface area contributed by atoms with Crippen LogP contribution in [-0.2, 0) is 14.3 Å². The molecule has 1 atom stereocenters. The number of ether oxygens (including phenoxy) is 2. The normalized spacial score (nSPS) is 12.0. The molecule has 0 aromatic heterocycles. The maximum Gasteiger partial charge on any atom is 0.253 e. The van der Waals surface area contributed by atoms with Gasteiger partial charge in [-0.15, -0.1) is 0 Å². The lowest BCUT2D eigenvalue weighted by Crippen LogP contribution is -2.29. The molecule has 1 aromatic rings. The van der Waals surface area contributed by atoms with Gasteiger partial charge in [0.05, 0.1) is 24.5 Å². The second-order valence-corrected chi connectivity index (χ2v) is 5.13. The molecule has 21 heavy (non-hydrogen) atoms. The molecule has 5 heteroatoms. The molecule has 0 saturated carbocycles. The van der Waals surface area contributed by atoms with Crippen LogP contribution in [0.3, 0.4) is 0 Å². The van der Waals surface area contributed by atoms with Crippen molar-refractivity contribution < 1.29 is 14.3 Å². The zero-order valence-electron chi connectivity index (χ0n) is 12.8. The van der Waals surface area contributed by atoms with E-state index in [1.165, 1.54) is 0 Å². The van der Waals surface area contributed by atoms with E-state index in [-0.39, 0.29) is 5.91 Å². The van der Waals surface area contributed by atoms with Crippen molar-refractivity contribution in [2.45, 2.75) is 26.9 Å². The fourth-order valence-electron chi connectivity index (χ4n) is 1.60. The minimum Gasteiger partial charge on any atom is -0.379 e. The molecule has 0 fully saturated rings. The van der Waals surface area contributed by atoms with Gasteiger partial charge in [-0.3, -0.25) is 4.79 Å². The summed E-state index contributed by atoms with van der Waals surface area (Å²) in [6.07, 6.45) is -0.598. The zero-order valence-corrected chi connectivity index (χ0v) is 12.8. The quantitative estimate of drug-likeness (QED) is 0.747. The first-order valence-corrected chi connectivity index (χ1v) is 7.04. The fourth-order valence-corrected chi connectivity index (χ4v) is 1.60. The van der Waals surface area contributed by atoms with Crippen LogP contribution in [0, 0.1) is 17.2 Å². The van der Waals surface area contributed by atoms with Crippen LogP contribution in [0.4, 0.5) is 5.69 Å². The van der Waals surface area contributed by atoms with Gasteiger partial charge >= 0.3 is 0 Å². The van der Waals surface area contributed by atoms with Crippen LogP contribution in [0.1, 0.15) is 26.3 Å². The van der Waals surface area contributed by atoms with Crippen LogP contribution in [-0.4, -0.2) is 31.8 Å². The number of nitrogens with one attached hydrogen (secondary N) is 1. The van der Waals surface area contributed by atoms with Crippen LogP contribution in [0.2, 0.25) is 0 Å². The average molecular weight is 290 g/mol. The lowest BCUT2D eigenvalue weighted by atomic mass is 10.2. The Morgan fingerprint density at radius 1 is 1.29 bits per heavy atom. The molecular weight excluding hydrogens is 268 g/mol. The molecular formula is C16H22N2O3. The Morgan fingerprint density at radius 3 is 2.67 bits per heavy atom. The number of hydrogen-bond donors (Lipinski definition) is 1. The van der Waals surface area contributed by atoms with Crippen molar-refractivity contribution in [3.63, 3.8) is 0 Å². The smallest absolute Gasteiger partial charge is 0.253 e. The van der Waals surface area contributed by atoms with E-state index >= 15 is 0 Å². The summed E-state index contributed by atoms with van der Waals surface area (Å²) in [6.45, 7) is 7.32. The van der Waals surface area contributed by atoms with Crippen LogP contribution < -0.4 is 5.32 Å². The van der Waals surface area contributed by atoms with Crippen LogP contribution in [0.5, 0.6) is 0 Å². The predicted octanol–water partition coefficient (Wildman–Crippen LogP) is 2.57. The molecule has 1 N–H and O–H groups in total. The molecule has 1 aromatic carbocycles. The van der Waals surface area contributed by atoms with Crippen molar-refractivity contribution in [2.75, 3.05) is 25.1 Å². The van der Waals surface area contributed by atoms with Gasteiger partial charge in [-0.2, -0.15) is 5.26 Å². The number of benzene rings is 1. The van der Waals surface area contributed by atoms with E-state index < -0.39 is 6.10 Å². The monoisotopic (exact) mass is 290 g/mol. The summed E-state index contributed by atoms with van der Waals surface area (Å²) >= 11 is 0. The second kappa shape index (κ2) is 9.11. The maximum absolute atomic E-state index is 12.0. The standard InChI is InChI=1S/C16H22N2O3/c1-12(2)11-20-8-9-21-13(3)16(19)18-15-7-5-4-6-14(15)10-17/h4-7,12-13H,8-9,11H2,1-3H3,(H,18,19). The van der Waals surface area contributed by atoms with Gasteiger partial charge in [0.1, 0.15) is 12.2 Å². The molecule has 5 nitrogen and oxygen atoms in total. The van der Waals surface area contributed by atoms with Gasteiger partial charge in [0, 0.05) is 6.61 Å². The first-order chi connectivity index (χ1) is 10.0. The topological polar surface area (TPSA) is 71.3 Å². The number of nitriles is 1. The minimum absolute atomic E-state index is 0.276. The number of nitrogens with zero attached hydrogens (tertiary/aromatic N) is 1. The van der Waals surface area contributed by atoms with E-state index in [0.29, 0.717) is 37.0 Å². The minimum atomic E-state index is -0.598. The highest BCUT2D eigenvalue weighted by Gasteiger charge is 2.14. The Hall–Kier alpha value is -1.90. The molecule has 1 amide bonds. The Bertz CT molecular complexity index is 495. The lowest BCUT2D eigenvalue weighted by Gasteiger charge is -2.14. The molecule has 114 valence electrons. The van der Waals surface area contributed by atoms with Crippen molar-refractivity contribution in [3.8, 4) is 6.07 Å². The van der Waals surface area contributed by atoms with Gasteiger partial charge < -0.3 is 14.8 Å². The highest BCUT2D eigenvalue weighted by Crippen LogP contribution is 2.14. The number of para-hydroxylation sites is 1. The summed E-state index contributed by atoms with van der Waals surface area (Å²) in [7, 11) is 0. The molecule has 0 aliphatic rings. The summed E-state index contributed by atoms with van der Waals surface area (Å²) < 4.78 is 10.8. The van der Waals surface area contributed by atoms with E-state index in [2.05, 4.69) is 19.2 Å². The molecule has 0 saturated heterocycles. The van der Waals surface area contributed by atoms with Crippen LogP contribution in [0.15, 0.2) is 24.3 Å². The van der Waals surface area contributed by atoms with Gasteiger partial charge in [0.25, 0.3) is 5.91 Å². The molecule has 0 spiro atoms. The van der Waals surface area contributed by atoms with Gasteiger partial charge in [-0.1, -0.05) is 26.0 Å². The largest absolute Gasteiger partial charge is 0.379 e. The van der Waals surface area contributed by atoms with Crippen molar-refractivity contribution in [3.05, 3.63) is 29.8 Å². The first kappa shape index (κ1) is 17.2. The zero-order chi connectivity index (χ0) is 15.7. The third-order valence-electron chi connectivity index (χ3n) is 2.72. The molecule has 0 aliphatic heterocycles. The van der Waals surface area contributed by atoms with E-state index in [4.69, 9.17) is 14.7 Å². The number of carbonyl (C=O) groups excluding carboxylic acids is 1. The van der Waals surface area contributed by atoms with E-state index in [0.717, 1.165) is 0 Å². The van der Waals surface area contributed by atoms with Crippen molar-refractivity contribution in [1.82, 2.24) is 0 Å². The van der Waals surface area contributed by atoms with E-state index in [1.807, 2.05) is 6.07 Å². The number of amides is 1. The average Bonchev–Trinajstić information content (AvgIpc) is 2.46. The summed E-state index contributed by atoms with van der Waals surface area (Å²) in [5, 5.41) is 11.7. The van der Waals surface area contributed by atoms with Crippen molar-refractivity contribution >= 4 is 11.6 Å². The lowest BCUT2D eigenvalue weighted by molar-refractivity contribution is -0.127.